The lowest BCUT2D eigenvalue weighted by Crippen LogP contribution is -2.13. The number of anilines is 1. The quantitative estimate of drug-likeness (QED) is 0.621. The summed E-state index contributed by atoms with van der Waals surface area (Å²) in [7, 11) is 1.31. The van der Waals surface area contributed by atoms with Crippen molar-refractivity contribution in [2.24, 2.45) is 0 Å². The van der Waals surface area contributed by atoms with Crippen molar-refractivity contribution in [3.63, 3.8) is 0 Å². The maximum Gasteiger partial charge on any atom is 0.292 e. The zero-order chi connectivity index (χ0) is 18.9. The minimum absolute atomic E-state index is 0.311. The molecule has 1 fully saturated rings. The second kappa shape index (κ2) is 10.1. The molecule has 8 heteroatoms. The number of rotatable bonds is 5. The first kappa shape index (κ1) is 20.2. The summed E-state index contributed by atoms with van der Waals surface area (Å²) in [5.41, 5.74) is 2.74. The molecular formula is C18H26ClN5O2. The van der Waals surface area contributed by atoms with Crippen LogP contribution in [-0.4, -0.2) is 39.6 Å². The summed E-state index contributed by atoms with van der Waals surface area (Å²) in [6.07, 6.45) is 10.1. The Balaban J connectivity index is 0.000000552. The van der Waals surface area contributed by atoms with E-state index in [1.807, 2.05) is 16.9 Å². The Hall–Kier alpha value is -2.15. The van der Waals surface area contributed by atoms with E-state index in [2.05, 4.69) is 39.2 Å². The summed E-state index contributed by atoms with van der Waals surface area (Å²) in [5.74, 6) is 0. The van der Waals surface area contributed by atoms with Gasteiger partial charge < -0.3 is 10.1 Å². The Morgan fingerprint density at radius 3 is 2.65 bits per heavy atom. The van der Waals surface area contributed by atoms with Crippen LogP contribution in [0.15, 0.2) is 18.5 Å². The van der Waals surface area contributed by atoms with Crippen molar-refractivity contribution in [3.8, 4) is 11.3 Å². The lowest BCUT2D eigenvalue weighted by molar-refractivity contribution is -0.126. The Bertz CT molecular complexity index is 699. The van der Waals surface area contributed by atoms with Crippen molar-refractivity contribution in [2.45, 2.75) is 58.0 Å². The molecule has 0 radical (unpaired) electrons. The second-order valence-corrected chi connectivity index (χ2v) is 6.95. The number of carbonyl (C=O) groups is 1. The van der Waals surface area contributed by atoms with E-state index in [-0.39, 0.29) is 0 Å². The van der Waals surface area contributed by atoms with Crippen LogP contribution in [0.1, 0.15) is 52.0 Å². The smallest absolute Gasteiger partial charge is 0.292 e. The highest BCUT2D eigenvalue weighted by atomic mass is 35.5. The van der Waals surface area contributed by atoms with Crippen molar-refractivity contribution in [3.05, 3.63) is 23.6 Å². The van der Waals surface area contributed by atoms with E-state index in [1.54, 1.807) is 6.20 Å². The lowest BCUT2D eigenvalue weighted by Gasteiger charge is -2.21. The Labute approximate surface area is 159 Å². The molecule has 0 saturated heterocycles. The minimum atomic E-state index is 0.311. The number of aromatic nitrogens is 4. The molecule has 26 heavy (non-hydrogen) atoms. The van der Waals surface area contributed by atoms with Crippen LogP contribution in [0.4, 0.5) is 5.69 Å². The first-order valence-electron chi connectivity index (χ1n) is 8.86. The van der Waals surface area contributed by atoms with Gasteiger partial charge in [-0.15, -0.1) is 5.10 Å². The summed E-state index contributed by atoms with van der Waals surface area (Å²) in [6, 6.07) is 2.64. The number of pyridine rings is 1. The number of hydrogen-bond acceptors (Lipinski definition) is 6. The van der Waals surface area contributed by atoms with Gasteiger partial charge in [-0.05, 0) is 32.8 Å². The zero-order valence-electron chi connectivity index (χ0n) is 15.5. The average molecular weight is 380 g/mol. The van der Waals surface area contributed by atoms with Crippen molar-refractivity contribution in [2.75, 3.05) is 12.4 Å². The largest absolute Gasteiger partial charge is 0.471 e. The summed E-state index contributed by atoms with van der Waals surface area (Å²) in [4.78, 5) is 13.1. The number of carbonyl (C=O) groups excluding carboxylic acids is 1. The number of nitrogens with zero attached hydrogens (tertiary/aromatic N) is 4. The van der Waals surface area contributed by atoms with Gasteiger partial charge in [-0.2, -0.15) is 0 Å². The molecule has 0 bridgehead atoms. The highest BCUT2D eigenvalue weighted by Crippen LogP contribution is 2.31. The maximum absolute atomic E-state index is 8.95. The number of ether oxygens (including phenoxy) is 1. The molecule has 142 valence electrons. The Kier molecular flexibility index (Phi) is 7.84. The summed E-state index contributed by atoms with van der Waals surface area (Å²) in [5, 5.41) is 12.6. The molecular weight excluding hydrogens is 354 g/mol. The van der Waals surface area contributed by atoms with Gasteiger partial charge in [-0.25, -0.2) is 9.67 Å². The molecule has 1 aliphatic carbocycles. The summed E-state index contributed by atoms with van der Waals surface area (Å²) >= 11 is 6.02. The van der Waals surface area contributed by atoms with Crippen LogP contribution < -0.4 is 5.32 Å². The molecule has 0 amide bonds. The van der Waals surface area contributed by atoms with Crippen molar-refractivity contribution in [1.29, 1.82) is 0 Å². The molecule has 0 unspecified atom stereocenters. The van der Waals surface area contributed by atoms with Crippen LogP contribution in [0, 0.1) is 0 Å². The molecule has 3 rings (SSSR count). The molecule has 0 aromatic carbocycles. The van der Waals surface area contributed by atoms with Crippen LogP contribution in [0.2, 0.25) is 5.15 Å². The predicted octanol–water partition coefficient (Wildman–Crippen LogP) is 4.11. The molecule has 0 aliphatic heterocycles. The van der Waals surface area contributed by atoms with Gasteiger partial charge in [0.2, 0.25) is 0 Å². The van der Waals surface area contributed by atoms with Gasteiger partial charge in [0, 0.05) is 23.5 Å². The lowest BCUT2D eigenvalue weighted by atomic mass is 9.96. The first-order chi connectivity index (χ1) is 12.5. The normalized spacial score (nSPS) is 14.5. The van der Waals surface area contributed by atoms with E-state index >= 15 is 0 Å². The van der Waals surface area contributed by atoms with Crippen LogP contribution in [0.25, 0.3) is 11.3 Å². The van der Waals surface area contributed by atoms with Gasteiger partial charge in [0.05, 0.1) is 19.3 Å². The fraction of sp³-hybridized carbons (Fsp3) is 0.556. The minimum Gasteiger partial charge on any atom is -0.471 e. The van der Waals surface area contributed by atoms with Crippen molar-refractivity contribution >= 4 is 23.8 Å². The van der Waals surface area contributed by atoms with E-state index in [1.165, 1.54) is 39.2 Å². The molecule has 2 aromatic heterocycles. The van der Waals surface area contributed by atoms with Gasteiger partial charge in [0.15, 0.2) is 0 Å². The van der Waals surface area contributed by atoms with Gasteiger partial charge in [0.25, 0.3) is 6.47 Å². The number of hydrogen-bond donors (Lipinski definition) is 1. The number of nitrogens with one attached hydrogen (secondary N) is 1. The molecule has 1 saturated carbocycles. The average Bonchev–Trinajstić information content (AvgIpc) is 3.12. The maximum atomic E-state index is 8.95. The Morgan fingerprint density at radius 2 is 2.04 bits per heavy atom. The standard InChI is InChI=1S/C16H22ClN5.C2H4O2/c1-11(2)19-14-8-16(17)18-9-13(14)15-10-22(21-20-15)12-6-4-3-5-7-12;1-4-2-3/h8-12H,3-7H2,1-2H3,(H,18,19);2H,1H3. The van der Waals surface area contributed by atoms with E-state index in [4.69, 9.17) is 16.4 Å². The summed E-state index contributed by atoms with van der Waals surface area (Å²) in [6.45, 7) is 4.56. The fourth-order valence-electron chi connectivity index (χ4n) is 2.99. The Morgan fingerprint density at radius 1 is 1.35 bits per heavy atom. The van der Waals surface area contributed by atoms with Crippen LogP contribution in [-0.2, 0) is 9.53 Å². The second-order valence-electron chi connectivity index (χ2n) is 6.56. The number of halogens is 1. The number of methoxy groups -OCH3 is 1. The molecule has 7 nitrogen and oxygen atoms in total. The van der Waals surface area contributed by atoms with E-state index in [0.717, 1.165) is 16.9 Å². The van der Waals surface area contributed by atoms with Gasteiger partial charge in [0.1, 0.15) is 10.8 Å². The SMILES string of the molecule is CC(C)Nc1cc(Cl)ncc1-c1cn(C2CCCCC2)nn1.COC=O. The van der Waals surface area contributed by atoms with Crippen LogP contribution in [0.5, 0.6) is 0 Å². The highest BCUT2D eigenvalue weighted by molar-refractivity contribution is 6.29. The third kappa shape index (κ3) is 5.69. The van der Waals surface area contributed by atoms with Gasteiger partial charge in [-0.3, -0.25) is 4.79 Å². The van der Waals surface area contributed by atoms with Gasteiger partial charge >= 0.3 is 0 Å². The molecule has 0 spiro atoms. The molecule has 2 heterocycles. The van der Waals surface area contributed by atoms with Crippen molar-refractivity contribution in [1.82, 2.24) is 20.0 Å². The topological polar surface area (TPSA) is 81.9 Å². The molecule has 1 N–H and O–H groups in total. The van der Waals surface area contributed by atoms with E-state index in [0.29, 0.717) is 23.7 Å². The predicted molar refractivity (Wildman–Crippen MR) is 102 cm³/mol. The third-order valence-electron chi connectivity index (χ3n) is 4.15. The van der Waals surface area contributed by atoms with Gasteiger partial charge in [-0.1, -0.05) is 36.1 Å². The van der Waals surface area contributed by atoms with E-state index < -0.39 is 0 Å². The van der Waals surface area contributed by atoms with Crippen molar-refractivity contribution < 1.29 is 9.53 Å². The fourth-order valence-corrected chi connectivity index (χ4v) is 3.15. The van der Waals surface area contributed by atoms with Crippen LogP contribution >= 0.6 is 11.6 Å². The highest BCUT2D eigenvalue weighted by Gasteiger charge is 2.18. The first-order valence-corrected chi connectivity index (χ1v) is 9.23. The molecule has 2 aromatic rings. The molecule has 1 aliphatic rings. The zero-order valence-corrected chi connectivity index (χ0v) is 16.2. The van der Waals surface area contributed by atoms with Crippen LogP contribution in [0.3, 0.4) is 0 Å². The van der Waals surface area contributed by atoms with E-state index in [9.17, 15) is 0 Å². The summed E-state index contributed by atoms with van der Waals surface area (Å²) < 4.78 is 5.88. The molecule has 0 atom stereocenters. The monoisotopic (exact) mass is 379 g/mol. The third-order valence-corrected chi connectivity index (χ3v) is 4.35.